The van der Waals surface area contributed by atoms with E-state index in [4.69, 9.17) is 0 Å². The molecule has 0 bridgehead atoms. The van der Waals surface area contributed by atoms with Crippen molar-refractivity contribution in [2.45, 2.75) is 52.5 Å². The van der Waals surface area contributed by atoms with E-state index in [1.807, 2.05) is 12.3 Å². The van der Waals surface area contributed by atoms with Crippen LogP contribution in [0.1, 0.15) is 47.1 Å². The number of nitrogens with zero attached hydrogens (tertiary/aromatic N) is 2. The van der Waals surface area contributed by atoms with E-state index >= 15 is 0 Å². The number of fused-ring (bicyclic) bond motifs is 1. The van der Waals surface area contributed by atoms with Crippen LogP contribution in [0.15, 0.2) is 24.5 Å². The van der Waals surface area contributed by atoms with Crippen LogP contribution < -0.4 is 0 Å². The lowest BCUT2D eigenvalue weighted by Crippen LogP contribution is -2.21. The molecule has 0 saturated carbocycles. The number of aromatic nitrogens is 2. The van der Waals surface area contributed by atoms with E-state index in [2.05, 4.69) is 63.4 Å². The molecule has 0 aliphatic heterocycles. The molecule has 0 aliphatic carbocycles. The molecule has 2 rings (SSSR count). The molecule has 0 spiro atoms. The lowest BCUT2D eigenvalue weighted by atomic mass is 9.87. The molecule has 2 heteroatoms. The normalized spacial score (nSPS) is 13.3. The first kappa shape index (κ1) is 12.2. The molecule has 0 atom stereocenters. The van der Waals surface area contributed by atoms with Crippen molar-refractivity contribution in [3.05, 3.63) is 30.1 Å². The molecular weight excluding hydrogens is 208 g/mol. The molecule has 0 radical (unpaired) electrons. The Balaban J connectivity index is 2.81. The largest absolute Gasteiger partial charge is 0.327 e. The summed E-state index contributed by atoms with van der Waals surface area (Å²) in [5, 5.41) is 1.27. The van der Waals surface area contributed by atoms with Crippen LogP contribution in [0.4, 0.5) is 0 Å². The van der Waals surface area contributed by atoms with E-state index in [1.165, 1.54) is 10.9 Å². The zero-order chi connectivity index (χ0) is 12.8. The highest BCUT2D eigenvalue weighted by molar-refractivity contribution is 5.81. The Labute approximate surface area is 104 Å². The summed E-state index contributed by atoms with van der Waals surface area (Å²) in [7, 11) is 0. The van der Waals surface area contributed by atoms with Crippen LogP contribution in [-0.4, -0.2) is 9.55 Å². The summed E-state index contributed by atoms with van der Waals surface area (Å²) in [6.07, 6.45) is 4.13. The maximum Gasteiger partial charge on any atom is 0.140 e. The summed E-state index contributed by atoms with van der Waals surface area (Å²) in [6, 6.07) is 4.19. The van der Waals surface area contributed by atoms with Crippen LogP contribution >= 0.6 is 0 Å². The molecule has 92 valence electrons. The van der Waals surface area contributed by atoms with E-state index in [9.17, 15) is 0 Å². The minimum Gasteiger partial charge on any atom is -0.327 e. The van der Waals surface area contributed by atoms with Crippen molar-refractivity contribution in [3.63, 3.8) is 0 Å². The summed E-state index contributed by atoms with van der Waals surface area (Å²) in [5.41, 5.74) is 2.67. The van der Waals surface area contributed by atoms with Crippen LogP contribution in [0, 0.1) is 0 Å². The van der Waals surface area contributed by atoms with E-state index in [-0.39, 0.29) is 11.0 Å². The van der Waals surface area contributed by atoms with Gasteiger partial charge in [0.15, 0.2) is 0 Å². The second kappa shape index (κ2) is 3.59. The quantitative estimate of drug-likeness (QED) is 0.666. The van der Waals surface area contributed by atoms with Crippen LogP contribution in [0.5, 0.6) is 0 Å². The van der Waals surface area contributed by atoms with Gasteiger partial charge in [-0.05, 0) is 43.9 Å². The molecule has 0 unspecified atom stereocenters. The summed E-state index contributed by atoms with van der Waals surface area (Å²) >= 11 is 0. The fourth-order valence-corrected chi connectivity index (χ4v) is 2.17. The van der Waals surface area contributed by atoms with Crippen LogP contribution in [-0.2, 0) is 11.0 Å². The highest BCUT2D eigenvalue weighted by Crippen LogP contribution is 2.33. The van der Waals surface area contributed by atoms with Gasteiger partial charge in [-0.3, -0.25) is 0 Å². The molecule has 0 saturated heterocycles. The molecule has 2 heterocycles. The maximum atomic E-state index is 4.54. The molecule has 2 nitrogen and oxygen atoms in total. The van der Waals surface area contributed by atoms with E-state index < -0.39 is 0 Å². The molecule has 0 fully saturated rings. The predicted molar refractivity (Wildman–Crippen MR) is 73.4 cm³/mol. The molecule has 2 aromatic rings. The van der Waals surface area contributed by atoms with Gasteiger partial charge in [0.2, 0.25) is 0 Å². The zero-order valence-electron chi connectivity index (χ0n) is 11.7. The Morgan fingerprint density at radius 2 is 1.71 bits per heavy atom. The van der Waals surface area contributed by atoms with Crippen LogP contribution in [0.2, 0.25) is 0 Å². The van der Waals surface area contributed by atoms with Gasteiger partial charge in [-0.2, -0.15) is 0 Å². The molecule has 0 amide bonds. The van der Waals surface area contributed by atoms with E-state index in [1.54, 1.807) is 0 Å². The highest BCUT2D eigenvalue weighted by atomic mass is 15.1. The third-order valence-corrected chi connectivity index (χ3v) is 3.09. The fourth-order valence-electron chi connectivity index (χ4n) is 2.17. The topological polar surface area (TPSA) is 17.8 Å². The van der Waals surface area contributed by atoms with Crippen molar-refractivity contribution in [2.24, 2.45) is 0 Å². The standard InChI is InChI=1S/C15H22N2/c1-14(2,3)12-10-17(15(4,5)6)13-11(12)8-7-9-16-13/h7-10H,1-6H3. The Morgan fingerprint density at radius 1 is 1.06 bits per heavy atom. The van der Waals surface area contributed by atoms with Gasteiger partial charge in [0.05, 0.1) is 0 Å². The molecule has 2 aromatic heterocycles. The first-order chi connectivity index (χ1) is 7.71. The van der Waals surface area contributed by atoms with E-state index in [0.717, 1.165) is 5.65 Å². The van der Waals surface area contributed by atoms with Crippen molar-refractivity contribution in [1.82, 2.24) is 9.55 Å². The Hall–Kier alpha value is -1.31. The summed E-state index contributed by atoms with van der Waals surface area (Å²) in [4.78, 5) is 4.54. The van der Waals surface area contributed by atoms with Gasteiger partial charge in [0.25, 0.3) is 0 Å². The number of pyridine rings is 1. The molecule has 17 heavy (non-hydrogen) atoms. The first-order valence-corrected chi connectivity index (χ1v) is 6.18. The lowest BCUT2D eigenvalue weighted by molar-refractivity contribution is 0.406. The van der Waals surface area contributed by atoms with Gasteiger partial charge in [-0.1, -0.05) is 20.8 Å². The smallest absolute Gasteiger partial charge is 0.140 e. The first-order valence-electron chi connectivity index (χ1n) is 6.18. The van der Waals surface area contributed by atoms with Gasteiger partial charge >= 0.3 is 0 Å². The molecule has 0 aliphatic rings. The van der Waals surface area contributed by atoms with Crippen LogP contribution in [0.3, 0.4) is 0 Å². The number of hydrogen-bond donors (Lipinski definition) is 0. The monoisotopic (exact) mass is 230 g/mol. The second-order valence-corrected chi connectivity index (χ2v) is 6.71. The minimum atomic E-state index is 0.0656. The predicted octanol–water partition coefficient (Wildman–Crippen LogP) is 4.09. The van der Waals surface area contributed by atoms with E-state index in [0.29, 0.717) is 0 Å². The third-order valence-electron chi connectivity index (χ3n) is 3.09. The minimum absolute atomic E-state index is 0.0656. The zero-order valence-corrected chi connectivity index (χ0v) is 11.7. The summed E-state index contributed by atoms with van der Waals surface area (Å²) in [6.45, 7) is 13.4. The van der Waals surface area contributed by atoms with Crippen molar-refractivity contribution in [1.29, 1.82) is 0 Å². The summed E-state index contributed by atoms with van der Waals surface area (Å²) < 4.78 is 2.28. The lowest BCUT2D eigenvalue weighted by Gasteiger charge is -2.22. The molecule has 0 aromatic carbocycles. The number of rotatable bonds is 0. The molecular formula is C15H22N2. The van der Waals surface area contributed by atoms with Gasteiger partial charge in [0.1, 0.15) is 5.65 Å². The number of hydrogen-bond acceptors (Lipinski definition) is 1. The highest BCUT2D eigenvalue weighted by Gasteiger charge is 2.24. The Bertz CT molecular complexity index is 488. The van der Waals surface area contributed by atoms with Gasteiger partial charge in [0, 0.05) is 23.3 Å². The van der Waals surface area contributed by atoms with Crippen molar-refractivity contribution < 1.29 is 0 Å². The second-order valence-electron chi connectivity index (χ2n) is 6.71. The maximum absolute atomic E-state index is 4.54. The SMILES string of the molecule is CC(C)(C)c1cn(C(C)(C)C)c2ncccc12. The summed E-state index contributed by atoms with van der Waals surface area (Å²) in [5.74, 6) is 0. The Kier molecular flexibility index (Phi) is 2.57. The average molecular weight is 230 g/mol. The van der Waals surface area contributed by atoms with Crippen molar-refractivity contribution in [3.8, 4) is 0 Å². The third kappa shape index (κ3) is 2.08. The van der Waals surface area contributed by atoms with Gasteiger partial charge in [-0.25, -0.2) is 4.98 Å². The average Bonchev–Trinajstić information content (AvgIpc) is 2.55. The van der Waals surface area contributed by atoms with Gasteiger partial charge < -0.3 is 4.57 Å². The van der Waals surface area contributed by atoms with Gasteiger partial charge in [-0.15, -0.1) is 0 Å². The fraction of sp³-hybridized carbons (Fsp3) is 0.533. The molecule has 0 N–H and O–H groups in total. The Morgan fingerprint density at radius 3 is 2.24 bits per heavy atom. The van der Waals surface area contributed by atoms with Crippen molar-refractivity contribution >= 4 is 11.0 Å². The van der Waals surface area contributed by atoms with Crippen LogP contribution in [0.25, 0.3) is 11.0 Å². The van der Waals surface area contributed by atoms with Crippen molar-refractivity contribution in [2.75, 3.05) is 0 Å².